The summed E-state index contributed by atoms with van der Waals surface area (Å²) in [6, 6.07) is 12.3. The molecule has 4 rings (SSSR count). The van der Waals surface area contributed by atoms with Crippen LogP contribution in [0.25, 0.3) is 10.2 Å². The first kappa shape index (κ1) is 25.1. The lowest BCUT2D eigenvalue weighted by molar-refractivity contribution is 0.0917. The Hall–Kier alpha value is -1.98. The van der Waals surface area contributed by atoms with Crippen LogP contribution in [0.2, 0.25) is 0 Å². The Morgan fingerprint density at radius 2 is 1.91 bits per heavy atom. The summed E-state index contributed by atoms with van der Waals surface area (Å²) < 4.78 is 33.9. The summed E-state index contributed by atoms with van der Waals surface area (Å²) in [6.45, 7) is 5.51. The number of carbonyl (C=O) groups is 1. The molecule has 0 radical (unpaired) electrons. The maximum atomic E-state index is 13.6. The molecule has 0 aliphatic carbocycles. The first-order valence-corrected chi connectivity index (χ1v) is 14.8. The predicted molar refractivity (Wildman–Crippen MR) is 139 cm³/mol. The van der Waals surface area contributed by atoms with E-state index in [0.29, 0.717) is 36.9 Å². The van der Waals surface area contributed by atoms with Crippen molar-refractivity contribution in [3.8, 4) is 0 Å². The van der Waals surface area contributed by atoms with Crippen LogP contribution in [-0.4, -0.2) is 62.2 Å². The fourth-order valence-electron chi connectivity index (χ4n) is 4.01. The zero-order chi connectivity index (χ0) is 24.3. The van der Waals surface area contributed by atoms with Gasteiger partial charge in [-0.1, -0.05) is 25.2 Å². The zero-order valence-corrected chi connectivity index (χ0v) is 22.0. The Labute approximate surface area is 209 Å². The van der Waals surface area contributed by atoms with Crippen LogP contribution in [0.3, 0.4) is 0 Å². The average molecular weight is 520 g/mol. The molecule has 2 heterocycles. The minimum Gasteiger partial charge on any atom is -0.376 e. The van der Waals surface area contributed by atoms with E-state index in [-0.39, 0.29) is 16.9 Å². The van der Waals surface area contributed by atoms with E-state index >= 15 is 0 Å². The third-order valence-electron chi connectivity index (χ3n) is 5.92. The quantitative estimate of drug-likeness (QED) is 0.375. The molecule has 1 unspecified atom stereocenters. The van der Waals surface area contributed by atoms with Gasteiger partial charge in [0.2, 0.25) is 10.0 Å². The molecule has 3 aromatic rings. The van der Waals surface area contributed by atoms with E-state index in [4.69, 9.17) is 9.72 Å². The number of fused-ring (bicyclic) bond motifs is 1. The number of thioether (sulfide) groups is 1. The minimum atomic E-state index is -3.58. The Morgan fingerprint density at radius 3 is 2.53 bits per heavy atom. The van der Waals surface area contributed by atoms with Gasteiger partial charge in [0, 0.05) is 30.2 Å². The molecule has 10 heteroatoms. The second kappa shape index (κ2) is 10.7. The number of nitrogens with zero attached hydrogens (tertiary/aromatic N) is 3. The van der Waals surface area contributed by atoms with E-state index in [2.05, 4.69) is 6.07 Å². The third-order valence-corrected chi connectivity index (χ3v) is 9.75. The second-order valence-electron chi connectivity index (χ2n) is 7.99. The molecule has 2 aromatic carbocycles. The van der Waals surface area contributed by atoms with E-state index in [9.17, 15) is 13.2 Å². The number of benzene rings is 2. The number of hydrogen-bond acceptors (Lipinski definition) is 7. The second-order valence-corrected chi connectivity index (χ2v) is 11.8. The number of hydrogen-bond donors (Lipinski definition) is 0. The van der Waals surface area contributed by atoms with Crippen LogP contribution in [0.1, 0.15) is 37.0 Å². The highest BCUT2D eigenvalue weighted by Crippen LogP contribution is 2.33. The van der Waals surface area contributed by atoms with Crippen molar-refractivity contribution in [3.05, 3.63) is 48.0 Å². The summed E-state index contributed by atoms with van der Waals surface area (Å²) in [5, 5.41) is 0.619. The van der Waals surface area contributed by atoms with Crippen LogP contribution < -0.4 is 4.90 Å². The number of aromatic nitrogens is 1. The van der Waals surface area contributed by atoms with Gasteiger partial charge in [0.05, 0.1) is 27.8 Å². The van der Waals surface area contributed by atoms with Gasteiger partial charge in [0.25, 0.3) is 5.91 Å². The number of sulfonamides is 1. The zero-order valence-electron chi connectivity index (χ0n) is 19.6. The minimum absolute atomic E-state index is 0.0416. The molecular weight excluding hydrogens is 490 g/mol. The maximum absolute atomic E-state index is 13.6. The number of thiazole rings is 1. The highest BCUT2D eigenvalue weighted by molar-refractivity contribution is 7.98. The van der Waals surface area contributed by atoms with Crippen molar-refractivity contribution in [2.45, 2.75) is 42.6 Å². The van der Waals surface area contributed by atoms with Crippen molar-refractivity contribution in [2.75, 3.05) is 37.4 Å². The van der Waals surface area contributed by atoms with Crippen molar-refractivity contribution in [2.24, 2.45) is 0 Å². The molecule has 0 spiro atoms. The van der Waals surface area contributed by atoms with E-state index in [0.717, 1.165) is 28.0 Å². The van der Waals surface area contributed by atoms with Crippen molar-refractivity contribution >= 4 is 54.4 Å². The maximum Gasteiger partial charge on any atom is 0.260 e. The van der Waals surface area contributed by atoms with Gasteiger partial charge in [-0.15, -0.1) is 11.8 Å². The van der Waals surface area contributed by atoms with Crippen LogP contribution in [0.4, 0.5) is 5.13 Å². The standard InChI is InChI=1S/C24H29N3O4S3/c1-4-26(5-2)34(29,30)20-11-8-17(9-12-20)23(28)27(16-18-7-6-14-31-18)24-25-21-13-10-19(32-3)15-22(21)33-24/h8-13,15,18H,4-7,14,16H2,1-3H3. The Kier molecular flexibility index (Phi) is 7.94. The molecule has 1 aliphatic heterocycles. The van der Waals surface area contributed by atoms with Crippen molar-refractivity contribution in [3.63, 3.8) is 0 Å². The summed E-state index contributed by atoms with van der Waals surface area (Å²) in [5.41, 5.74) is 1.27. The number of ether oxygens (including phenoxy) is 1. The summed E-state index contributed by atoms with van der Waals surface area (Å²) in [5.74, 6) is -0.216. The average Bonchev–Trinajstić information content (AvgIpc) is 3.52. The lowest BCUT2D eigenvalue weighted by atomic mass is 10.2. The van der Waals surface area contributed by atoms with E-state index in [1.54, 1.807) is 28.8 Å². The molecule has 34 heavy (non-hydrogen) atoms. The van der Waals surface area contributed by atoms with Crippen molar-refractivity contribution in [1.82, 2.24) is 9.29 Å². The van der Waals surface area contributed by atoms with Crippen LogP contribution in [0.15, 0.2) is 52.3 Å². The number of anilines is 1. The largest absolute Gasteiger partial charge is 0.376 e. The van der Waals surface area contributed by atoms with Crippen molar-refractivity contribution < 1.29 is 17.9 Å². The predicted octanol–water partition coefficient (Wildman–Crippen LogP) is 4.87. The molecule has 0 N–H and O–H groups in total. The molecule has 1 saturated heterocycles. The van der Waals surface area contributed by atoms with Gasteiger partial charge in [-0.05, 0) is 61.6 Å². The molecule has 1 amide bonds. The van der Waals surface area contributed by atoms with Crippen LogP contribution in [0, 0.1) is 0 Å². The normalized spacial score (nSPS) is 16.4. The van der Waals surface area contributed by atoms with E-state index < -0.39 is 10.0 Å². The van der Waals surface area contributed by atoms with Gasteiger partial charge < -0.3 is 4.74 Å². The van der Waals surface area contributed by atoms with Gasteiger partial charge in [-0.3, -0.25) is 9.69 Å². The summed E-state index contributed by atoms with van der Waals surface area (Å²) in [4.78, 5) is 21.3. The smallest absolute Gasteiger partial charge is 0.260 e. The third kappa shape index (κ3) is 5.16. The first-order chi connectivity index (χ1) is 16.4. The number of rotatable bonds is 9. The molecular formula is C24H29N3O4S3. The SMILES string of the molecule is CCN(CC)S(=O)(=O)c1ccc(C(=O)N(CC2CCCO2)c2nc3ccc(SC)cc3s2)cc1. The summed E-state index contributed by atoms with van der Waals surface area (Å²) in [7, 11) is -3.58. The Bertz CT molecular complexity index is 1250. The molecule has 182 valence electrons. The molecule has 1 aliphatic rings. The van der Waals surface area contributed by atoms with Crippen LogP contribution >= 0.6 is 23.1 Å². The van der Waals surface area contributed by atoms with Crippen LogP contribution in [-0.2, 0) is 14.8 Å². The van der Waals surface area contributed by atoms with Gasteiger partial charge >= 0.3 is 0 Å². The molecule has 7 nitrogen and oxygen atoms in total. The molecule has 0 bridgehead atoms. The molecule has 1 fully saturated rings. The number of amides is 1. The van der Waals surface area contributed by atoms with Gasteiger partial charge in [0.1, 0.15) is 0 Å². The van der Waals surface area contributed by atoms with Gasteiger partial charge in [-0.25, -0.2) is 13.4 Å². The highest BCUT2D eigenvalue weighted by Gasteiger charge is 2.28. The van der Waals surface area contributed by atoms with Gasteiger partial charge in [-0.2, -0.15) is 4.31 Å². The first-order valence-electron chi connectivity index (χ1n) is 11.4. The molecule has 1 aromatic heterocycles. The fraction of sp³-hybridized carbons (Fsp3) is 0.417. The topological polar surface area (TPSA) is 79.8 Å². The fourth-order valence-corrected chi connectivity index (χ4v) is 7.00. The van der Waals surface area contributed by atoms with Crippen molar-refractivity contribution in [1.29, 1.82) is 0 Å². The molecule has 1 atom stereocenters. The Balaban J connectivity index is 1.66. The Morgan fingerprint density at radius 1 is 1.18 bits per heavy atom. The molecule has 0 saturated carbocycles. The van der Waals surface area contributed by atoms with Crippen LogP contribution in [0.5, 0.6) is 0 Å². The van der Waals surface area contributed by atoms with E-state index in [1.807, 2.05) is 32.2 Å². The summed E-state index contributed by atoms with van der Waals surface area (Å²) >= 11 is 3.15. The summed E-state index contributed by atoms with van der Waals surface area (Å²) in [6.07, 6.45) is 3.86. The number of carbonyl (C=O) groups excluding carboxylic acids is 1. The monoisotopic (exact) mass is 519 g/mol. The van der Waals surface area contributed by atoms with E-state index in [1.165, 1.54) is 27.8 Å². The highest BCUT2D eigenvalue weighted by atomic mass is 32.2. The lowest BCUT2D eigenvalue weighted by Gasteiger charge is -2.23. The lowest BCUT2D eigenvalue weighted by Crippen LogP contribution is -2.37. The van der Waals surface area contributed by atoms with Gasteiger partial charge in [0.15, 0.2) is 5.13 Å².